The number of hydrogen-bond acceptors (Lipinski definition) is 2. The summed E-state index contributed by atoms with van der Waals surface area (Å²) >= 11 is 3.62. The van der Waals surface area contributed by atoms with Gasteiger partial charge in [-0.1, -0.05) is 40.2 Å². The minimum absolute atomic E-state index is 0.264. The Hall–Kier alpha value is -1.32. The first-order valence-electron chi connectivity index (χ1n) is 7.27. The van der Waals surface area contributed by atoms with Crippen molar-refractivity contribution in [2.45, 2.75) is 25.8 Å². The van der Waals surface area contributed by atoms with E-state index in [-0.39, 0.29) is 6.04 Å². The van der Waals surface area contributed by atoms with Crippen LogP contribution in [0.2, 0.25) is 0 Å². The number of aryl methyl sites for hydroxylation is 2. The fourth-order valence-corrected chi connectivity index (χ4v) is 3.63. The number of ether oxygens (including phenoxy) is 1. The summed E-state index contributed by atoms with van der Waals surface area (Å²) in [5, 5.41) is 3.49. The highest BCUT2D eigenvalue weighted by Gasteiger charge is 2.32. The van der Waals surface area contributed by atoms with Crippen LogP contribution < -0.4 is 10.1 Å². The minimum Gasteiger partial charge on any atom is -0.493 e. The molecule has 0 amide bonds. The summed E-state index contributed by atoms with van der Waals surface area (Å²) in [6.07, 6.45) is 0. The molecule has 0 fully saturated rings. The third kappa shape index (κ3) is 2.60. The average Bonchev–Trinajstić information content (AvgIpc) is 2.89. The third-order valence-corrected chi connectivity index (χ3v) is 5.19. The normalized spacial score (nSPS) is 18.2. The van der Waals surface area contributed by atoms with E-state index in [0.717, 1.165) is 12.4 Å². The van der Waals surface area contributed by atoms with E-state index < -0.39 is 0 Å². The standard InChI is InChI=1S/C18H20BrNO/c1-11-9-16(19)12(2)8-14(11)18(20-3)15-10-21-17-7-5-4-6-13(15)17/h4-9,15,18,20H,10H2,1-3H3. The summed E-state index contributed by atoms with van der Waals surface area (Å²) in [5.74, 6) is 1.37. The second-order valence-corrected chi connectivity index (χ2v) is 6.53. The van der Waals surface area contributed by atoms with Crippen molar-refractivity contribution >= 4 is 15.9 Å². The Morgan fingerprint density at radius 2 is 1.95 bits per heavy atom. The van der Waals surface area contributed by atoms with Gasteiger partial charge in [0.05, 0.1) is 6.61 Å². The predicted octanol–water partition coefficient (Wildman–Crippen LogP) is 4.50. The maximum absolute atomic E-state index is 5.86. The molecule has 1 aliphatic rings. The molecule has 3 heteroatoms. The number of halogens is 1. The first-order chi connectivity index (χ1) is 10.1. The predicted molar refractivity (Wildman–Crippen MR) is 90.1 cm³/mol. The van der Waals surface area contributed by atoms with E-state index in [0.29, 0.717) is 5.92 Å². The van der Waals surface area contributed by atoms with Crippen molar-refractivity contribution in [1.29, 1.82) is 0 Å². The van der Waals surface area contributed by atoms with Crippen LogP contribution in [-0.4, -0.2) is 13.7 Å². The maximum atomic E-state index is 5.86. The quantitative estimate of drug-likeness (QED) is 0.883. The second-order valence-electron chi connectivity index (χ2n) is 5.68. The summed E-state index contributed by atoms with van der Waals surface area (Å²) < 4.78 is 7.03. The van der Waals surface area contributed by atoms with Crippen molar-refractivity contribution in [2.75, 3.05) is 13.7 Å². The van der Waals surface area contributed by atoms with Crippen molar-refractivity contribution in [3.63, 3.8) is 0 Å². The molecule has 1 N–H and O–H groups in total. The van der Waals surface area contributed by atoms with Crippen LogP contribution in [0, 0.1) is 13.8 Å². The van der Waals surface area contributed by atoms with Gasteiger partial charge in [0.2, 0.25) is 0 Å². The number of hydrogen-bond donors (Lipinski definition) is 1. The van der Waals surface area contributed by atoms with Crippen LogP contribution in [0.4, 0.5) is 0 Å². The molecule has 0 saturated heterocycles. The van der Waals surface area contributed by atoms with E-state index in [4.69, 9.17) is 4.74 Å². The van der Waals surface area contributed by atoms with Gasteiger partial charge in [-0.05, 0) is 49.7 Å². The Morgan fingerprint density at radius 3 is 2.71 bits per heavy atom. The molecule has 3 rings (SSSR count). The highest BCUT2D eigenvalue weighted by molar-refractivity contribution is 9.10. The second kappa shape index (κ2) is 5.82. The number of likely N-dealkylation sites (N-methyl/N-ethyl adjacent to an activating group) is 1. The van der Waals surface area contributed by atoms with Gasteiger partial charge < -0.3 is 10.1 Å². The van der Waals surface area contributed by atoms with Gasteiger partial charge in [-0.2, -0.15) is 0 Å². The molecule has 0 bridgehead atoms. The van der Waals surface area contributed by atoms with Crippen LogP contribution in [0.25, 0.3) is 0 Å². The summed E-state index contributed by atoms with van der Waals surface area (Å²) in [4.78, 5) is 0. The molecule has 110 valence electrons. The number of para-hydroxylation sites is 1. The summed E-state index contributed by atoms with van der Waals surface area (Å²) in [5.41, 5.74) is 5.22. The number of nitrogens with one attached hydrogen (secondary N) is 1. The third-order valence-electron chi connectivity index (χ3n) is 4.33. The van der Waals surface area contributed by atoms with Crippen molar-refractivity contribution < 1.29 is 4.74 Å². The lowest BCUT2D eigenvalue weighted by Crippen LogP contribution is -2.25. The van der Waals surface area contributed by atoms with Crippen LogP contribution in [0.1, 0.15) is 34.2 Å². The highest BCUT2D eigenvalue weighted by Crippen LogP contribution is 2.42. The van der Waals surface area contributed by atoms with E-state index in [1.807, 2.05) is 13.1 Å². The number of benzene rings is 2. The molecule has 1 aliphatic heterocycles. The Bertz CT molecular complexity index is 668. The molecular formula is C18H20BrNO. The molecule has 0 aliphatic carbocycles. The molecule has 1 heterocycles. The van der Waals surface area contributed by atoms with Gasteiger partial charge in [0.15, 0.2) is 0 Å². The summed E-state index contributed by atoms with van der Waals surface area (Å²) in [6, 6.07) is 13.1. The van der Waals surface area contributed by atoms with E-state index in [1.165, 1.54) is 26.7 Å². The lowest BCUT2D eigenvalue weighted by molar-refractivity contribution is 0.304. The van der Waals surface area contributed by atoms with E-state index in [2.05, 4.69) is 65.4 Å². The molecule has 21 heavy (non-hydrogen) atoms. The molecule has 2 atom stereocenters. The lowest BCUT2D eigenvalue weighted by atomic mass is 9.86. The van der Waals surface area contributed by atoms with Gasteiger partial charge in [-0.3, -0.25) is 0 Å². The topological polar surface area (TPSA) is 21.3 Å². The molecule has 0 saturated carbocycles. The van der Waals surface area contributed by atoms with Crippen molar-refractivity contribution in [3.05, 3.63) is 63.1 Å². The van der Waals surface area contributed by atoms with E-state index >= 15 is 0 Å². The van der Waals surface area contributed by atoms with Gasteiger partial charge >= 0.3 is 0 Å². The van der Waals surface area contributed by atoms with Crippen molar-refractivity contribution in [2.24, 2.45) is 0 Å². The van der Waals surface area contributed by atoms with Crippen LogP contribution >= 0.6 is 15.9 Å². The van der Waals surface area contributed by atoms with Gasteiger partial charge in [-0.25, -0.2) is 0 Å². The molecule has 2 aromatic rings. The maximum Gasteiger partial charge on any atom is 0.122 e. The minimum atomic E-state index is 0.264. The molecule has 2 aromatic carbocycles. The largest absolute Gasteiger partial charge is 0.493 e. The monoisotopic (exact) mass is 345 g/mol. The van der Waals surface area contributed by atoms with Crippen LogP contribution in [0.3, 0.4) is 0 Å². The van der Waals surface area contributed by atoms with Crippen molar-refractivity contribution in [1.82, 2.24) is 5.32 Å². The fraction of sp³-hybridized carbons (Fsp3) is 0.333. The van der Waals surface area contributed by atoms with Crippen molar-refractivity contribution in [3.8, 4) is 5.75 Å². The smallest absolute Gasteiger partial charge is 0.122 e. The zero-order chi connectivity index (χ0) is 15.0. The SMILES string of the molecule is CNC(c1cc(C)c(Br)cc1C)C1COc2ccccc21. The first kappa shape index (κ1) is 14.6. The Labute approximate surface area is 134 Å². The fourth-order valence-electron chi connectivity index (χ4n) is 3.18. The number of rotatable bonds is 3. The van der Waals surface area contributed by atoms with Gasteiger partial charge in [-0.15, -0.1) is 0 Å². The van der Waals surface area contributed by atoms with Crippen LogP contribution in [-0.2, 0) is 0 Å². The molecular weight excluding hydrogens is 326 g/mol. The number of fused-ring (bicyclic) bond motifs is 1. The van der Waals surface area contributed by atoms with E-state index in [1.54, 1.807) is 0 Å². The molecule has 0 aromatic heterocycles. The molecule has 2 unspecified atom stereocenters. The zero-order valence-corrected chi connectivity index (χ0v) is 14.2. The Kier molecular flexibility index (Phi) is 4.05. The van der Waals surface area contributed by atoms with Gasteiger partial charge in [0.25, 0.3) is 0 Å². The zero-order valence-electron chi connectivity index (χ0n) is 12.6. The summed E-state index contributed by atoms with van der Waals surface area (Å²) in [7, 11) is 2.03. The lowest BCUT2D eigenvalue weighted by Gasteiger charge is -2.25. The average molecular weight is 346 g/mol. The Balaban J connectivity index is 2.03. The summed E-state index contributed by atoms with van der Waals surface area (Å²) in [6.45, 7) is 5.05. The molecule has 2 nitrogen and oxygen atoms in total. The van der Waals surface area contributed by atoms with E-state index in [9.17, 15) is 0 Å². The Morgan fingerprint density at radius 1 is 1.19 bits per heavy atom. The first-order valence-corrected chi connectivity index (χ1v) is 8.06. The van der Waals surface area contributed by atoms with Gasteiger partial charge in [0.1, 0.15) is 5.75 Å². The molecule has 0 spiro atoms. The van der Waals surface area contributed by atoms with Crippen LogP contribution in [0.5, 0.6) is 5.75 Å². The highest BCUT2D eigenvalue weighted by atomic mass is 79.9. The van der Waals surface area contributed by atoms with Crippen LogP contribution in [0.15, 0.2) is 40.9 Å². The molecule has 0 radical (unpaired) electrons. The van der Waals surface area contributed by atoms with Gasteiger partial charge in [0, 0.05) is 22.0 Å².